The fourth-order valence-corrected chi connectivity index (χ4v) is 2.20. The van der Waals surface area contributed by atoms with E-state index in [9.17, 15) is 5.11 Å². The normalized spacial score (nSPS) is 10.3. The minimum Gasteiger partial charge on any atom is -0.503 e. The van der Waals surface area contributed by atoms with Crippen LogP contribution in [0.15, 0.2) is 54.9 Å². The van der Waals surface area contributed by atoms with Gasteiger partial charge >= 0.3 is 0 Å². The number of hydrogen-bond donors (Lipinski definition) is 2. The van der Waals surface area contributed by atoms with Crippen molar-refractivity contribution in [3.05, 3.63) is 60.4 Å². The Bertz CT molecular complexity index is 800. The van der Waals surface area contributed by atoms with E-state index in [-0.39, 0.29) is 5.75 Å². The average molecular weight is 307 g/mol. The number of rotatable bonds is 4. The lowest BCUT2D eigenvalue weighted by molar-refractivity contribution is 0.415. The molecule has 0 saturated heterocycles. The monoisotopic (exact) mass is 307 g/mol. The van der Waals surface area contributed by atoms with E-state index in [0.717, 1.165) is 22.6 Å². The summed E-state index contributed by atoms with van der Waals surface area (Å²) in [7, 11) is 1.62. The molecule has 2 aromatic carbocycles. The Kier molecular flexibility index (Phi) is 4.10. The van der Waals surface area contributed by atoms with Gasteiger partial charge in [0.1, 0.15) is 17.8 Å². The van der Waals surface area contributed by atoms with E-state index in [0.29, 0.717) is 11.5 Å². The van der Waals surface area contributed by atoms with E-state index in [1.807, 2.05) is 55.5 Å². The molecule has 0 amide bonds. The van der Waals surface area contributed by atoms with Crippen LogP contribution in [0.5, 0.6) is 11.5 Å². The fourth-order valence-electron chi connectivity index (χ4n) is 2.20. The van der Waals surface area contributed by atoms with Gasteiger partial charge in [-0.3, -0.25) is 0 Å². The minimum atomic E-state index is 0.0205. The van der Waals surface area contributed by atoms with Gasteiger partial charge in [0.2, 0.25) is 0 Å². The minimum absolute atomic E-state index is 0.0205. The standard InChI is InChI=1S/C18H17N3O2/c1-12-3-5-13(6-4-12)16-17(22)18(20-11-19-16)21-14-7-9-15(23-2)10-8-14/h3-11,22H,1-2H3,(H,19,20,21). The highest BCUT2D eigenvalue weighted by atomic mass is 16.5. The van der Waals surface area contributed by atoms with Gasteiger partial charge in [0.15, 0.2) is 11.6 Å². The van der Waals surface area contributed by atoms with Crippen molar-refractivity contribution in [2.45, 2.75) is 6.92 Å². The number of anilines is 2. The molecule has 5 nitrogen and oxygen atoms in total. The van der Waals surface area contributed by atoms with Gasteiger partial charge in [-0.25, -0.2) is 9.97 Å². The van der Waals surface area contributed by atoms with Crippen LogP contribution >= 0.6 is 0 Å². The molecule has 23 heavy (non-hydrogen) atoms. The molecule has 3 rings (SSSR count). The molecule has 0 radical (unpaired) electrons. The molecule has 5 heteroatoms. The maximum Gasteiger partial charge on any atom is 0.185 e. The summed E-state index contributed by atoms with van der Waals surface area (Å²) in [5.74, 6) is 1.15. The van der Waals surface area contributed by atoms with E-state index < -0.39 is 0 Å². The Morgan fingerprint density at radius 1 is 0.957 bits per heavy atom. The van der Waals surface area contributed by atoms with Crippen LogP contribution in [0.2, 0.25) is 0 Å². The Balaban J connectivity index is 1.91. The average Bonchev–Trinajstić information content (AvgIpc) is 2.58. The van der Waals surface area contributed by atoms with E-state index >= 15 is 0 Å². The molecule has 0 aliphatic rings. The Hall–Kier alpha value is -3.08. The molecule has 2 N–H and O–H groups in total. The third kappa shape index (κ3) is 3.23. The summed E-state index contributed by atoms with van der Waals surface area (Å²) in [6.07, 6.45) is 1.43. The number of aromatic hydroxyl groups is 1. The topological polar surface area (TPSA) is 67.3 Å². The van der Waals surface area contributed by atoms with Crippen LogP contribution < -0.4 is 10.1 Å². The molecule has 0 saturated carbocycles. The molecule has 0 spiro atoms. The van der Waals surface area contributed by atoms with Gasteiger partial charge in [0.05, 0.1) is 7.11 Å². The summed E-state index contributed by atoms with van der Waals surface area (Å²) in [5.41, 5.74) is 3.29. The number of nitrogens with zero attached hydrogens (tertiary/aromatic N) is 2. The van der Waals surface area contributed by atoms with Crippen molar-refractivity contribution in [3.63, 3.8) is 0 Å². The summed E-state index contributed by atoms with van der Waals surface area (Å²) in [6, 6.07) is 15.2. The first-order chi connectivity index (χ1) is 11.2. The molecule has 0 bridgehead atoms. The lowest BCUT2D eigenvalue weighted by atomic mass is 10.1. The largest absolute Gasteiger partial charge is 0.503 e. The van der Waals surface area contributed by atoms with Crippen molar-refractivity contribution in [3.8, 4) is 22.8 Å². The summed E-state index contributed by atoms with van der Waals surface area (Å²) >= 11 is 0. The molecule has 0 aliphatic heterocycles. The van der Waals surface area contributed by atoms with E-state index in [4.69, 9.17) is 4.74 Å². The molecule has 0 unspecified atom stereocenters. The van der Waals surface area contributed by atoms with Gasteiger partial charge in [0.25, 0.3) is 0 Å². The Morgan fingerprint density at radius 3 is 2.30 bits per heavy atom. The van der Waals surface area contributed by atoms with Gasteiger partial charge < -0.3 is 15.2 Å². The number of methoxy groups -OCH3 is 1. The first-order valence-electron chi connectivity index (χ1n) is 7.19. The lowest BCUT2D eigenvalue weighted by Gasteiger charge is -2.11. The van der Waals surface area contributed by atoms with Crippen LogP contribution in [-0.2, 0) is 0 Å². The van der Waals surface area contributed by atoms with Gasteiger partial charge in [-0.05, 0) is 31.2 Å². The van der Waals surface area contributed by atoms with Crippen LogP contribution in [0, 0.1) is 6.92 Å². The number of nitrogens with one attached hydrogen (secondary N) is 1. The van der Waals surface area contributed by atoms with Crippen molar-refractivity contribution in [1.29, 1.82) is 0 Å². The summed E-state index contributed by atoms with van der Waals surface area (Å²) in [6.45, 7) is 2.01. The van der Waals surface area contributed by atoms with Gasteiger partial charge in [-0.15, -0.1) is 0 Å². The lowest BCUT2D eigenvalue weighted by Crippen LogP contribution is -1.97. The molecular weight excluding hydrogens is 290 g/mol. The summed E-state index contributed by atoms with van der Waals surface area (Å²) < 4.78 is 5.13. The number of benzene rings is 2. The molecule has 116 valence electrons. The van der Waals surface area contributed by atoms with Crippen LogP contribution in [-0.4, -0.2) is 22.2 Å². The van der Waals surface area contributed by atoms with Crippen LogP contribution in [0.3, 0.4) is 0 Å². The van der Waals surface area contributed by atoms with Crippen molar-refractivity contribution < 1.29 is 9.84 Å². The van der Waals surface area contributed by atoms with E-state index in [1.54, 1.807) is 7.11 Å². The zero-order valence-electron chi connectivity index (χ0n) is 12.9. The smallest absolute Gasteiger partial charge is 0.185 e. The molecule has 1 heterocycles. The van der Waals surface area contributed by atoms with Crippen molar-refractivity contribution in [1.82, 2.24) is 9.97 Å². The predicted molar refractivity (Wildman–Crippen MR) is 90.1 cm³/mol. The van der Waals surface area contributed by atoms with Gasteiger partial charge in [-0.2, -0.15) is 0 Å². The predicted octanol–water partition coefficient (Wildman–Crippen LogP) is 3.91. The molecule has 0 fully saturated rings. The third-order valence-electron chi connectivity index (χ3n) is 3.50. The van der Waals surface area contributed by atoms with Gasteiger partial charge in [0, 0.05) is 11.3 Å². The first-order valence-corrected chi connectivity index (χ1v) is 7.19. The maximum absolute atomic E-state index is 10.5. The Morgan fingerprint density at radius 2 is 1.65 bits per heavy atom. The number of aromatic nitrogens is 2. The molecule has 1 aromatic heterocycles. The number of aryl methyl sites for hydroxylation is 1. The Labute approximate surface area is 134 Å². The second kappa shape index (κ2) is 6.36. The summed E-state index contributed by atoms with van der Waals surface area (Å²) in [5, 5.41) is 13.5. The highest BCUT2D eigenvalue weighted by molar-refractivity contribution is 5.74. The molecule has 0 atom stereocenters. The number of hydrogen-bond acceptors (Lipinski definition) is 5. The number of ether oxygens (including phenoxy) is 1. The summed E-state index contributed by atoms with van der Waals surface area (Å²) in [4.78, 5) is 8.30. The first kappa shape index (κ1) is 14.8. The second-order valence-corrected chi connectivity index (χ2v) is 5.14. The van der Waals surface area contributed by atoms with E-state index in [1.165, 1.54) is 6.33 Å². The second-order valence-electron chi connectivity index (χ2n) is 5.14. The van der Waals surface area contributed by atoms with Crippen LogP contribution in [0.25, 0.3) is 11.3 Å². The van der Waals surface area contributed by atoms with E-state index in [2.05, 4.69) is 15.3 Å². The zero-order valence-corrected chi connectivity index (χ0v) is 12.9. The third-order valence-corrected chi connectivity index (χ3v) is 3.50. The van der Waals surface area contributed by atoms with Crippen molar-refractivity contribution >= 4 is 11.5 Å². The highest BCUT2D eigenvalue weighted by Crippen LogP contribution is 2.33. The van der Waals surface area contributed by atoms with Gasteiger partial charge in [-0.1, -0.05) is 29.8 Å². The zero-order chi connectivity index (χ0) is 16.2. The highest BCUT2D eigenvalue weighted by Gasteiger charge is 2.12. The maximum atomic E-state index is 10.5. The SMILES string of the molecule is COc1ccc(Nc2ncnc(-c3ccc(C)cc3)c2O)cc1. The molecule has 3 aromatic rings. The molecule has 0 aliphatic carbocycles. The van der Waals surface area contributed by atoms with Crippen LogP contribution in [0.1, 0.15) is 5.56 Å². The van der Waals surface area contributed by atoms with Crippen molar-refractivity contribution in [2.75, 3.05) is 12.4 Å². The fraction of sp³-hybridized carbons (Fsp3) is 0.111. The molecular formula is C18H17N3O2. The quantitative estimate of drug-likeness (QED) is 0.765. The van der Waals surface area contributed by atoms with Crippen molar-refractivity contribution in [2.24, 2.45) is 0 Å². The van der Waals surface area contributed by atoms with Crippen LogP contribution in [0.4, 0.5) is 11.5 Å².